The number of phenols is 1. The van der Waals surface area contributed by atoms with Crippen molar-refractivity contribution in [3.05, 3.63) is 72.1 Å². The molecule has 37 heavy (non-hydrogen) atoms. The zero-order valence-electron chi connectivity index (χ0n) is 19.8. The summed E-state index contributed by atoms with van der Waals surface area (Å²) in [5, 5.41) is 15.9. The third kappa shape index (κ3) is 5.23. The number of imidazole rings is 1. The molecule has 0 aliphatic heterocycles. The first kappa shape index (κ1) is 24.6. The summed E-state index contributed by atoms with van der Waals surface area (Å²) >= 11 is 0. The summed E-state index contributed by atoms with van der Waals surface area (Å²) in [6, 6.07) is 13.1. The van der Waals surface area contributed by atoms with E-state index in [1.165, 1.54) is 6.07 Å². The van der Waals surface area contributed by atoms with Gasteiger partial charge in [0.05, 0.1) is 30.0 Å². The van der Waals surface area contributed by atoms with Gasteiger partial charge < -0.3 is 15.7 Å². The molecule has 4 aromatic rings. The smallest absolute Gasteiger partial charge is 0.390 e. The minimum atomic E-state index is -4.31. The van der Waals surface area contributed by atoms with E-state index in [0.717, 1.165) is 5.56 Å². The number of para-hydroxylation sites is 1. The SMILES string of the molecule is Cc1cc(-c2cnc3c(NCCC(F)(F)F)cc(-c4ccccc4O)cn23)ccc1C(=O)N[C@H]1C[C@@H]1F. The molecule has 0 radical (unpaired) electrons. The van der Waals surface area contributed by atoms with Crippen molar-refractivity contribution in [2.24, 2.45) is 0 Å². The van der Waals surface area contributed by atoms with E-state index in [-0.39, 0.29) is 18.2 Å². The second-order valence-electron chi connectivity index (χ2n) is 9.15. The van der Waals surface area contributed by atoms with Gasteiger partial charge in [-0.2, -0.15) is 13.2 Å². The Hall–Kier alpha value is -4.08. The van der Waals surface area contributed by atoms with Gasteiger partial charge in [0.25, 0.3) is 5.91 Å². The van der Waals surface area contributed by atoms with Crippen LogP contribution < -0.4 is 10.6 Å². The molecule has 1 saturated carbocycles. The third-order valence-corrected chi connectivity index (χ3v) is 6.34. The summed E-state index contributed by atoms with van der Waals surface area (Å²) < 4.78 is 53.3. The van der Waals surface area contributed by atoms with Crippen LogP contribution in [0.5, 0.6) is 5.75 Å². The zero-order chi connectivity index (χ0) is 26.3. The van der Waals surface area contributed by atoms with Crippen molar-refractivity contribution in [1.82, 2.24) is 14.7 Å². The lowest BCUT2D eigenvalue weighted by molar-refractivity contribution is -0.131. The monoisotopic (exact) mass is 512 g/mol. The summed E-state index contributed by atoms with van der Waals surface area (Å²) in [7, 11) is 0. The number of aromatic nitrogens is 2. The van der Waals surface area contributed by atoms with Crippen LogP contribution in [0.2, 0.25) is 0 Å². The number of hydrogen-bond acceptors (Lipinski definition) is 4. The number of amides is 1. The lowest BCUT2D eigenvalue weighted by Gasteiger charge is -2.14. The van der Waals surface area contributed by atoms with Crippen molar-refractivity contribution >= 4 is 17.2 Å². The number of benzene rings is 2. The summed E-state index contributed by atoms with van der Waals surface area (Å²) in [5.74, 6) is -0.313. The molecule has 0 saturated heterocycles. The van der Waals surface area contributed by atoms with Crippen molar-refractivity contribution in [3.63, 3.8) is 0 Å². The molecule has 3 N–H and O–H groups in total. The number of nitrogens with zero attached hydrogens (tertiary/aromatic N) is 2. The molecule has 192 valence electrons. The highest BCUT2D eigenvalue weighted by Gasteiger charge is 2.39. The van der Waals surface area contributed by atoms with Gasteiger partial charge in [-0.05, 0) is 36.8 Å². The van der Waals surface area contributed by atoms with Gasteiger partial charge in [-0.15, -0.1) is 0 Å². The molecule has 6 nitrogen and oxygen atoms in total. The van der Waals surface area contributed by atoms with Crippen molar-refractivity contribution in [1.29, 1.82) is 0 Å². The van der Waals surface area contributed by atoms with Gasteiger partial charge in [-0.25, -0.2) is 9.37 Å². The Kier molecular flexibility index (Phi) is 6.26. The molecule has 2 heterocycles. The Morgan fingerprint density at radius 1 is 1.16 bits per heavy atom. The topological polar surface area (TPSA) is 78.7 Å². The van der Waals surface area contributed by atoms with Crippen molar-refractivity contribution in [2.45, 2.75) is 38.2 Å². The minimum absolute atomic E-state index is 0.0298. The van der Waals surface area contributed by atoms with E-state index in [0.29, 0.717) is 45.7 Å². The Morgan fingerprint density at radius 2 is 1.92 bits per heavy atom. The Bertz CT molecular complexity index is 1480. The Morgan fingerprint density at radius 3 is 2.59 bits per heavy atom. The van der Waals surface area contributed by atoms with Gasteiger partial charge in [-0.3, -0.25) is 9.20 Å². The normalized spacial score (nSPS) is 17.1. The summed E-state index contributed by atoms with van der Waals surface area (Å²) in [4.78, 5) is 17.0. The minimum Gasteiger partial charge on any atom is -0.507 e. The molecule has 0 spiro atoms. The first-order chi connectivity index (χ1) is 17.6. The lowest BCUT2D eigenvalue weighted by Crippen LogP contribution is -2.27. The fourth-order valence-electron chi connectivity index (χ4n) is 4.27. The van der Waals surface area contributed by atoms with Crippen LogP contribution in [-0.4, -0.2) is 45.3 Å². The Balaban J connectivity index is 1.54. The summed E-state index contributed by atoms with van der Waals surface area (Å²) in [6.45, 7) is 1.44. The molecule has 0 unspecified atom stereocenters. The van der Waals surface area contributed by atoms with Gasteiger partial charge in [0.1, 0.15) is 11.9 Å². The van der Waals surface area contributed by atoms with Crippen LogP contribution in [0, 0.1) is 6.92 Å². The molecule has 1 amide bonds. The predicted molar refractivity (Wildman–Crippen MR) is 132 cm³/mol. The number of carbonyl (C=O) groups is 1. The van der Waals surface area contributed by atoms with E-state index in [1.54, 1.807) is 60.1 Å². The maximum absolute atomic E-state index is 13.2. The second-order valence-corrected chi connectivity index (χ2v) is 9.15. The molecule has 2 aromatic carbocycles. The van der Waals surface area contributed by atoms with E-state index in [9.17, 15) is 27.5 Å². The van der Waals surface area contributed by atoms with Crippen LogP contribution in [0.3, 0.4) is 0 Å². The number of hydrogen-bond donors (Lipinski definition) is 3. The number of nitrogens with one attached hydrogen (secondary N) is 2. The second kappa shape index (κ2) is 9.42. The number of pyridine rings is 1. The van der Waals surface area contributed by atoms with E-state index < -0.39 is 24.8 Å². The number of rotatable bonds is 7. The molecular formula is C27H24F4N4O2. The Labute approximate surface area is 210 Å². The van der Waals surface area contributed by atoms with Crippen LogP contribution in [0.15, 0.2) is 60.9 Å². The van der Waals surface area contributed by atoms with E-state index in [2.05, 4.69) is 15.6 Å². The molecule has 1 aliphatic carbocycles. The number of aryl methyl sites for hydroxylation is 1. The molecule has 5 rings (SSSR count). The molecule has 1 fully saturated rings. The molecule has 10 heteroatoms. The molecule has 1 aliphatic rings. The standard InChI is InChI=1S/C27H24F4N4O2/c1-15-10-16(6-7-18(15)26(37)34-21-12-20(21)28)23-13-33-25-22(32-9-8-27(29,30)31)11-17(14-35(23)25)19-4-2-3-5-24(19)36/h2-7,10-11,13-14,20-21,32,36H,8-9,12H2,1H3,(H,34,37)/t20-,21-/m0/s1. The third-order valence-electron chi connectivity index (χ3n) is 6.34. The summed E-state index contributed by atoms with van der Waals surface area (Å²) in [6.07, 6.45) is -2.64. The molecule has 0 bridgehead atoms. The van der Waals surface area contributed by atoms with Gasteiger partial charge >= 0.3 is 6.18 Å². The van der Waals surface area contributed by atoms with Gasteiger partial charge in [-0.1, -0.05) is 24.3 Å². The lowest BCUT2D eigenvalue weighted by atomic mass is 10.0. The maximum Gasteiger partial charge on any atom is 0.390 e. The highest BCUT2D eigenvalue weighted by molar-refractivity contribution is 5.96. The van der Waals surface area contributed by atoms with Crippen molar-refractivity contribution in [3.8, 4) is 28.1 Å². The van der Waals surface area contributed by atoms with Crippen LogP contribution >= 0.6 is 0 Å². The molecule has 2 aromatic heterocycles. The average molecular weight is 513 g/mol. The zero-order valence-corrected chi connectivity index (χ0v) is 19.8. The predicted octanol–water partition coefficient (Wildman–Crippen LogP) is 5.89. The largest absolute Gasteiger partial charge is 0.507 e. The number of alkyl halides is 4. The average Bonchev–Trinajstić information content (AvgIpc) is 3.35. The quantitative estimate of drug-likeness (QED) is 0.270. The van der Waals surface area contributed by atoms with Crippen molar-refractivity contribution in [2.75, 3.05) is 11.9 Å². The van der Waals surface area contributed by atoms with E-state index in [1.807, 2.05) is 6.07 Å². The van der Waals surface area contributed by atoms with Crippen LogP contribution in [0.25, 0.3) is 28.0 Å². The van der Waals surface area contributed by atoms with E-state index in [4.69, 9.17) is 0 Å². The number of halogens is 4. The molecular weight excluding hydrogens is 488 g/mol. The highest BCUT2D eigenvalue weighted by Crippen LogP contribution is 2.35. The first-order valence-corrected chi connectivity index (χ1v) is 11.8. The number of fused-ring (bicyclic) bond motifs is 1. The summed E-state index contributed by atoms with van der Waals surface area (Å²) in [5.41, 5.74) is 4.38. The molecule has 2 atom stereocenters. The van der Waals surface area contributed by atoms with Crippen molar-refractivity contribution < 1.29 is 27.5 Å². The number of carbonyl (C=O) groups excluding carboxylic acids is 1. The van der Waals surface area contributed by atoms with Gasteiger partial charge in [0.15, 0.2) is 5.65 Å². The first-order valence-electron chi connectivity index (χ1n) is 11.8. The highest BCUT2D eigenvalue weighted by atomic mass is 19.4. The fourth-order valence-corrected chi connectivity index (χ4v) is 4.27. The number of phenolic OH excluding ortho intramolecular Hbond substituents is 1. The van der Waals surface area contributed by atoms with E-state index >= 15 is 0 Å². The van der Waals surface area contributed by atoms with Gasteiger partial charge in [0.2, 0.25) is 0 Å². The fraction of sp³-hybridized carbons (Fsp3) is 0.259. The van der Waals surface area contributed by atoms with Crippen LogP contribution in [0.1, 0.15) is 28.8 Å². The van der Waals surface area contributed by atoms with Crippen LogP contribution in [0.4, 0.5) is 23.2 Å². The van der Waals surface area contributed by atoms with Gasteiger partial charge in [0, 0.05) is 41.4 Å². The van der Waals surface area contributed by atoms with Crippen LogP contribution in [-0.2, 0) is 0 Å². The number of aromatic hydroxyl groups is 1. The maximum atomic E-state index is 13.2. The number of anilines is 1.